The lowest BCUT2D eigenvalue weighted by atomic mass is 9.70. The van der Waals surface area contributed by atoms with Gasteiger partial charge in [0.25, 0.3) is 11.8 Å². The summed E-state index contributed by atoms with van der Waals surface area (Å²) in [7, 11) is 0. The van der Waals surface area contributed by atoms with Gasteiger partial charge in [-0.05, 0) is 25.0 Å². The minimum atomic E-state index is -0.152. The van der Waals surface area contributed by atoms with Gasteiger partial charge in [-0.2, -0.15) is 0 Å². The fourth-order valence-electron chi connectivity index (χ4n) is 3.33. The Kier molecular flexibility index (Phi) is 1.83. The summed E-state index contributed by atoms with van der Waals surface area (Å²) in [4.78, 5) is 25.8. The van der Waals surface area contributed by atoms with E-state index in [1.54, 1.807) is 24.3 Å². The number of carbonyl (C=O) groups excluding carboxylic acids is 2. The summed E-state index contributed by atoms with van der Waals surface area (Å²) < 4.78 is 5.54. The SMILES string of the molecule is O=C1c2ccccc2C(=O)N1CC12COC(C1)C2. The van der Waals surface area contributed by atoms with E-state index >= 15 is 0 Å². The first-order chi connectivity index (χ1) is 8.69. The fraction of sp³-hybridized carbons (Fsp3) is 0.429. The van der Waals surface area contributed by atoms with Gasteiger partial charge in [0.05, 0.1) is 23.8 Å². The molecule has 0 spiro atoms. The van der Waals surface area contributed by atoms with Gasteiger partial charge in [-0.25, -0.2) is 0 Å². The molecular formula is C14H13NO3. The van der Waals surface area contributed by atoms with Gasteiger partial charge in [0.1, 0.15) is 0 Å². The molecule has 0 atom stereocenters. The number of carbonyl (C=O) groups is 2. The molecule has 0 N–H and O–H groups in total. The van der Waals surface area contributed by atoms with Crippen molar-refractivity contribution in [3.8, 4) is 0 Å². The van der Waals surface area contributed by atoms with E-state index in [1.165, 1.54) is 4.90 Å². The molecule has 2 saturated heterocycles. The largest absolute Gasteiger partial charge is 0.378 e. The fourth-order valence-corrected chi connectivity index (χ4v) is 3.33. The summed E-state index contributed by atoms with van der Waals surface area (Å²) in [6, 6.07) is 7.04. The van der Waals surface area contributed by atoms with Crippen LogP contribution in [0.4, 0.5) is 0 Å². The van der Waals surface area contributed by atoms with Crippen LogP contribution < -0.4 is 0 Å². The van der Waals surface area contributed by atoms with Crippen LogP contribution in [0.1, 0.15) is 33.6 Å². The number of hydrogen-bond acceptors (Lipinski definition) is 3. The van der Waals surface area contributed by atoms with Gasteiger partial charge in [-0.3, -0.25) is 14.5 Å². The number of nitrogens with zero attached hydrogens (tertiary/aromatic N) is 1. The third-order valence-electron chi connectivity index (χ3n) is 4.32. The van der Waals surface area contributed by atoms with E-state index in [2.05, 4.69) is 0 Å². The Bertz CT molecular complexity index is 519. The first kappa shape index (κ1) is 10.3. The normalized spacial score (nSPS) is 32.7. The number of benzene rings is 1. The van der Waals surface area contributed by atoms with Gasteiger partial charge >= 0.3 is 0 Å². The Morgan fingerprint density at radius 2 is 1.78 bits per heavy atom. The molecule has 3 fully saturated rings. The number of hydrogen-bond donors (Lipinski definition) is 0. The molecule has 0 radical (unpaired) electrons. The average Bonchev–Trinajstić information content (AvgIpc) is 2.99. The van der Waals surface area contributed by atoms with Crippen LogP contribution in [0.15, 0.2) is 24.3 Å². The van der Waals surface area contributed by atoms with Crippen molar-refractivity contribution in [2.75, 3.05) is 13.2 Å². The van der Waals surface area contributed by atoms with Crippen LogP contribution in [-0.4, -0.2) is 36.0 Å². The molecule has 2 amide bonds. The van der Waals surface area contributed by atoms with Gasteiger partial charge < -0.3 is 4.74 Å². The minimum absolute atomic E-state index is 0.0397. The quantitative estimate of drug-likeness (QED) is 0.739. The summed E-state index contributed by atoms with van der Waals surface area (Å²) in [5, 5.41) is 0. The average molecular weight is 243 g/mol. The van der Waals surface area contributed by atoms with Gasteiger partial charge in [-0.15, -0.1) is 0 Å². The molecule has 4 aliphatic rings. The maximum atomic E-state index is 12.2. The van der Waals surface area contributed by atoms with Crippen LogP contribution in [0.2, 0.25) is 0 Å². The maximum absolute atomic E-state index is 12.2. The molecule has 18 heavy (non-hydrogen) atoms. The van der Waals surface area contributed by atoms with Gasteiger partial charge in [0.15, 0.2) is 0 Å². The second-order valence-electron chi connectivity index (χ2n) is 5.58. The van der Waals surface area contributed by atoms with Crippen molar-refractivity contribution in [3.63, 3.8) is 0 Å². The van der Waals surface area contributed by atoms with Crippen LogP contribution in [0.25, 0.3) is 0 Å². The molecule has 1 aromatic carbocycles. The number of ether oxygens (including phenoxy) is 1. The van der Waals surface area contributed by atoms with E-state index in [0.29, 0.717) is 30.4 Å². The first-order valence-corrected chi connectivity index (χ1v) is 6.25. The van der Waals surface area contributed by atoms with Crippen LogP contribution >= 0.6 is 0 Å². The second-order valence-corrected chi connectivity index (χ2v) is 5.58. The van der Waals surface area contributed by atoms with Crippen molar-refractivity contribution in [2.45, 2.75) is 18.9 Å². The third kappa shape index (κ3) is 1.18. The van der Waals surface area contributed by atoms with E-state index in [9.17, 15) is 9.59 Å². The van der Waals surface area contributed by atoms with Crippen molar-refractivity contribution in [1.82, 2.24) is 4.90 Å². The number of amides is 2. The predicted octanol–water partition coefficient (Wildman–Crippen LogP) is 1.46. The zero-order valence-corrected chi connectivity index (χ0v) is 9.89. The van der Waals surface area contributed by atoms with E-state index in [-0.39, 0.29) is 17.2 Å². The van der Waals surface area contributed by atoms with E-state index in [1.807, 2.05) is 0 Å². The highest BCUT2D eigenvalue weighted by atomic mass is 16.5. The monoisotopic (exact) mass is 243 g/mol. The zero-order valence-electron chi connectivity index (χ0n) is 9.89. The highest BCUT2D eigenvalue weighted by Crippen LogP contribution is 2.50. The lowest BCUT2D eigenvalue weighted by Gasteiger charge is -2.37. The van der Waals surface area contributed by atoms with Crippen LogP contribution in [-0.2, 0) is 4.74 Å². The molecule has 1 saturated carbocycles. The molecule has 3 heterocycles. The Morgan fingerprint density at radius 1 is 1.17 bits per heavy atom. The smallest absolute Gasteiger partial charge is 0.261 e. The molecule has 4 nitrogen and oxygen atoms in total. The molecule has 2 bridgehead atoms. The highest BCUT2D eigenvalue weighted by molar-refractivity contribution is 6.21. The second kappa shape index (κ2) is 3.20. The molecule has 1 aliphatic carbocycles. The maximum Gasteiger partial charge on any atom is 0.261 e. The summed E-state index contributed by atoms with van der Waals surface area (Å²) in [6.45, 7) is 1.20. The lowest BCUT2D eigenvalue weighted by molar-refractivity contribution is 0.0503. The Labute approximate surface area is 105 Å². The Balaban J connectivity index is 1.64. The minimum Gasteiger partial charge on any atom is -0.378 e. The zero-order chi connectivity index (χ0) is 12.3. The van der Waals surface area contributed by atoms with Gasteiger partial charge in [-0.1, -0.05) is 12.1 Å². The van der Waals surface area contributed by atoms with Crippen molar-refractivity contribution < 1.29 is 14.3 Å². The summed E-state index contributed by atoms with van der Waals surface area (Å²) in [5.74, 6) is -0.305. The van der Waals surface area contributed by atoms with Crippen LogP contribution in [0, 0.1) is 5.41 Å². The number of fused-ring (bicyclic) bond motifs is 2. The lowest BCUT2D eigenvalue weighted by Crippen LogP contribution is -2.46. The molecule has 4 heteroatoms. The molecule has 0 aromatic heterocycles. The molecule has 3 aliphatic heterocycles. The Morgan fingerprint density at radius 3 is 2.28 bits per heavy atom. The van der Waals surface area contributed by atoms with Crippen molar-refractivity contribution in [3.05, 3.63) is 35.4 Å². The van der Waals surface area contributed by atoms with E-state index in [0.717, 1.165) is 12.8 Å². The topological polar surface area (TPSA) is 46.6 Å². The van der Waals surface area contributed by atoms with Gasteiger partial charge in [0.2, 0.25) is 0 Å². The van der Waals surface area contributed by atoms with Crippen LogP contribution in [0.5, 0.6) is 0 Å². The van der Waals surface area contributed by atoms with Crippen molar-refractivity contribution in [2.24, 2.45) is 5.41 Å². The summed E-state index contributed by atoms with van der Waals surface area (Å²) in [5.41, 5.74) is 1.11. The predicted molar refractivity (Wildman–Crippen MR) is 63.2 cm³/mol. The highest BCUT2D eigenvalue weighted by Gasteiger charge is 2.54. The molecule has 92 valence electrons. The first-order valence-electron chi connectivity index (χ1n) is 6.25. The van der Waals surface area contributed by atoms with Gasteiger partial charge in [0, 0.05) is 12.0 Å². The summed E-state index contributed by atoms with van der Waals surface area (Å²) >= 11 is 0. The molecule has 5 rings (SSSR count). The standard InChI is InChI=1S/C14H13NO3/c16-12-10-3-1-2-4-11(10)13(17)15(12)7-14-5-9(6-14)18-8-14/h1-4,9H,5-8H2. The van der Waals surface area contributed by atoms with E-state index < -0.39 is 0 Å². The number of imide groups is 1. The van der Waals surface area contributed by atoms with E-state index in [4.69, 9.17) is 4.74 Å². The third-order valence-corrected chi connectivity index (χ3v) is 4.32. The summed E-state index contributed by atoms with van der Waals surface area (Å²) in [6.07, 6.45) is 2.33. The molecule has 0 unspecified atom stereocenters. The number of rotatable bonds is 2. The van der Waals surface area contributed by atoms with Crippen LogP contribution in [0.3, 0.4) is 0 Å². The molecule has 1 aromatic rings. The van der Waals surface area contributed by atoms with Crippen molar-refractivity contribution in [1.29, 1.82) is 0 Å². The van der Waals surface area contributed by atoms with Crippen molar-refractivity contribution >= 4 is 11.8 Å². The molecular weight excluding hydrogens is 230 g/mol. The Hall–Kier alpha value is -1.68.